The highest BCUT2D eigenvalue weighted by atomic mass is 32.1. The summed E-state index contributed by atoms with van der Waals surface area (Å²) in [5, 5.41) is 1.26. The van der Waals surface area contributed by atoms with E-state index in [4.69, 9.17) is 0 Å². The molecule has 0 bridgehead atoms. The van der Waals surface area contributed by atoms with Crippen molar-refractivity contribution >= 4 is 169 Å². The Kier molecular flexibility index (Phi) is 13.1. The van der Waals surface area contributed by atoms with Crippen molar-refractivity contribution < 1.29 is 0 Å². The predicted molar refractivity (Wildman–Crippen MR) is 415 cm³/mol. The quantitative estimate of drug-likeness (QED) is 0.126. The molecule has 9 heteroatoms. The van der Waals surface area contributed by atoms with Crippen LogP contribution in [-0.2, 0) is 10.8 Å². The van der Waals surface area contributed by atoms with Gasteiger partial charge >= 0.3 is 0 Å². The van der Waals surface area contributed by atoms with Crippen LogP contribution in [0.2, 0.25) is 0 Å². The molecule has 5 heterocycles. The average Bonchev–Trinajstić information content (AvgIpc) is 1.63. The van der Waals surface area contributed by atoms with Gasteiger partial charge in [0.05, 0.1) is 17.1 Å². The van der Waals surface area contributed by atoms with E-state index in [1.807, 2.05) is 11.3 Å². The number of para-hydroxylation sites is 8. The lowest BCUT2D eigenvalue weighted by molar-refractivity contribution is 0.332. The zero-order valence-electron chi connectivity index (χ0n) is 54.7. The third-order valence-electron chi connectivity index (χ3n) is 21.3. The summed E-state index contributed by atoms with van der Waals surface area (Å²) in [6.45, 7) is 9.48. The maximum atomic E-state index is 2.69. The molecule has 1 aromatic heterocycles. The van der Waals surface area contributed by atoms with E-state index in [9.17, 15) is 0 Å². The molecule has 462 valence electrons. The van der Waals surface area contributed by atoms with Crippen LogP contribution in [0.4, 0.5) is 102 Å². The molecule has 0 atom stereocenters. The van der Waals surface area contributed by atoms with Gasteiger partial charge in [-0.05, 0) is 202 Å². The third kappa shape index (κ3) is 8.94. The maximum absolute atomic E-state index is 2.69. The second-order valence-corrected chi connectivity index (χ2v) is 28.9. The van der Waals surface area contributed by atoms with E-state index in [-0.39, 0.29) is 24.3 Å². The van der Waals surface area contributed by atoms with E-state index in [0.717, 1.165) is 92.5 Å². The summed E-state index contributed by atoms with van der Waals surface area (Å²) in [6, 6.07) is 118. The van der Waals surface area contributed by atoms with Gasteiger partial charge in [-0.1, -0.05) is 204 Å². The monoisotopic (exact) mass is 1260 g/mol. The molecule has 0 spiro atoms. The summed E-state index contributed by atoms with van der Waals surface area (Å²) >= 11 is 1.97. The Morgan fingerprint density at radius 3 is 1.19 bits per heavy atom. The molecule has 1 aliphatic carbocycles. The van der Waals surface area contributed by atoms with Crippen molar-refractivity contribution in [1.82, 2.24) is 0 Å². The van der Waals surface area contributed by atoms with Gasteiger partial charge in [-0.15, -0.1) is 11.3 Å². The van der Waals surface area contributed by atoms with Crippen molar-refractivity contribution in [3.05, 3.63) is 327 Å². The summed E-state index contributed by atoms with van der Waals surface area (Å²) < 4.78 is 2.62. The zero-order valence-corrected chi connectivity index (χ0v) is 55.5. The second kappa shape index (κ2) is 22.2. The molecule has 0 amide bonds. The Bertz CT molecular complexity index is 5320. The van der Waals surface area contributed by atoms with E-state index in [0.29, 0.717) is 0 Å². The van der Waals surface area contributed by atoms with Crippen molar-refractivity contribution in [1.29, 1.82) is 0 Å². The van der Waals surface area contributed by atoms with Gasteiger partial charge in [0.1, 0.15) is 0 Å². The molecule has 4 aliphatic heterocycles. The summed E-state index contributed by atoms with van der Waals surface area (Å²) in [4.78, 5) is 15.3. The first-order valence-electron chi connectivity index (χ1n) is 34.1. The first kappa shape index (κ1) is 57.2. The SMILES string of the molecule is CC1(C)CCC(C)(C)c2cc(N3c4cc(N(c5ccccc5)c5ccccc5)cc5c4B(c4cc6c(cc4N5c4ccccc4)N(c4ccccc4)c4cc(N(c5ccccc5)c5ccccc5)cc5c4B6c4ccccc4N5c4ccccc4)c4sc5ccccc5c43)ccc21. The molecular weight excluding hydrogens is 1190 g/mol. The summed E-state index contributed by atoms with van der Waals surface area (Å²) in [6.07, 6.45) is 2.27. The summed E-state index contributed by atoms with van der Waals surface area (Å²) in [5.74, 6) is 0. The van der Waals surface area contributed by atoms with Gasteiger partial charge < -0.3 is 29.4 Å². The van der Waals surface area contributed by atoms with Crippen LogP contribution in [0.5, 0.6) is 0 Å². The van der Waals surface area contributed by atoms with Gasteiger partial charge in [0, 0.05) is 100 Å². The lowest BCUT2D eigenvalue weighted by Gasteiger charge is -2.47. The summed E-state index contributed by atoms with van der Waals surface area (Å²) in [7, 11) is 0. The largest absolute Gasteiger partial charge is 0.311 e. The van der Waals surface area contributed by atoms with Gasteiger partial charge in [-0.2, -0.15) is 0 Å². The molecule has 0 unspecified atom stereocenters. The standard InChI is InChI=1S/C88H68B2N6S/c1-87(2)50-51-88(3,4)71-52-66(48-49-70(71)87)96-81-56-68(92(61-34-16-7-17-35-61)62-36-18-8-19-37-62)55-80-84(81)90(86-85(96)69-44-26-29-47-82(69)97-86)74-57-73-76(58-77(74)95(80)65-42-24-11-25-43-65)94(64-40-22-10-23-41-64)79-54-67(91(59-30-12-5-13-31-59)60-32-14-6-15-33-60)53-78-83(79)89(73)72-45-27-28-46-75(72)93(78)63-38-20-9-21-39-63/h5-49,52-58H,50-51H2,1-4H3. The first-order chi connectivity index (χ1) is 47.6. The van der Waals surface area contributed by atoms with Crippen LogP contribution in [0.25, 0.3) is 10.1 Å². The van der Waals surface area contributed by atoms with E-state index in [2.05, 4.69) is 373 Å². The minimum absolute atomic E-state index is 0.0215. The van der Waals surface area contributed by atoms with E-state index in [1.165, 1.54) is 76.1 Å². The van der Waals surface area contributed by atoms with E-state index in [1.54, 1.807) is 0 Å². The van der Waals surface area contributed by atoms with Crippen molar-refractivity contribution in [2.75, 3.05) is 29.4 Å². The lowest BCUT2D eigenvalue weighted by atomic mass is 9.31. The van der Waals surface area contributed by atoms with Crippen LogP contribution >= 0.6 is 11.3 Å². The summed E-state index contributed by atoms with van der Waals surface area (Å²) in [5.41, 5.74) is 29.5. The molecule has 0 N–H and O–H groups in total. The van der Waals surface area contributed by atoms with E-state index < -0.39 is 0 Å². The highest BCUT2D eigenvalue weighted by Crippen LogP contribution is 2.55. The van der Waals surface area contributed by atoms with Crippen LogP contribution in [0.15, 0.2) is 315 Å². The van der Waals surface area contributed by atoms with Crippen LogP contribution in [0.1, 0.15) is 51.7 Å². The van der Waals surface area contributed by atoms with Crippen LogP contribution in [-0.4, -0.2) is 13.4 Å². The predicted octanol–water partition coefficient (Wildman–Crippen LogP) is 20.4. The number of hydrogen-bond donors (Lipinski definition) is 0. The second-order valence-electron chi connectivity index (χ2n) is 27.9. The molecule has 6 nitrogen and oxygen atoms in total. The minimum atomic E-state index is -0.170. The highest BCUT2D eigenvalue weighted by Gasteiger charge is 2.50. The fraction of sp³-hybridized carbons (Fsp3) is 0.0909. The number of fused-ring (bicyclic) bond motifs is 11. The lowest BCUT2D eigenvalue weighted by Crippen LogP contribution is -2.65. The third-order valence-corrected chi connectivity index (χ3v) is 22.6. The Hall–Kier alpha value is -11.3. The molecule has 5 aliphatic rings. The van der Waals surface area contributed by atoms with Crippen molar-refractivity contribution in [2.24, 2.45) is 0 Å². The zero-order chi connectivity index (χ0) is 64.7. The number of anilines is 18. The topological polar surface area (TPSA) is 19.4 Å². The smallest absolute Gasteiger partial charge is 0.264 e. The Morgan fingerprint density at radius 1 is 0.299 bits per heavy atom. The van der Waals surface area contributed by atoms with Gasteiger partial charge in [0.15, 0.2) is 0 Å². The van der Waals surface area contributed by atoms with Gasteiger partial charge in [0.2, 0.25) is 0 Å². The average molecular weight is 1260 g/mol. The normalized spacial score (nSPS) is 14.8. The fourth-order valence-electron chi connectivity index (χ4n) is 16.8. The Morgan fingerprint density at radius 2 is 0.691 bits per heavy atom. The molecule has 0 saturated heterocycles. The number of rotatable bonds is 10. The molecule has 19 rings (SSSR count). The number of thiophene rings is 1. The first-order valence-corrected chi connectivity index (χ1v) is 34.9. The van der Waals surface area contributed by atoms with Crippen LogP contribution in [0, 0.1) is 0 Å². The highest BCUT2D eigenvalue weighted by molar-refractivity contribution is 7.33. The van der Waals surface area contributed by atoms with Gasteiger partial charge in [-0.25, -0.2) is 0 Å². The molecule has 0 fully saturated rings. The maximum Gasteiger partial charge on any atom is 0.264 e. The molecule has 0 radical (unpaired) electrons. The number of nitrogens with zero attached hydrogens (tertiary/aromatic N) is 6. The van der Waals surface area contributed by atoms with Crippen molar-refractivity contribution in [3.8, 4) is 0 Å². The molecule has 14 aromatic rings. The van der Waals surface area contributed by atoms with Crippen LogP contribution in [0.3, 0.4) is 0 Å². The number of benzene rings is 13. The minimum Gasteiger partial charge on any atom is -0.311 e. The molecule has 0 saturated carbocycles. The molecule has 13 aromatic carbocycles. The van der Waals surface area contributed by atoms with Crippen molar-refractivity contribution in [2.45, 2.75) is 51.4 Å². The van der Waals surface area contributed by atoms with Crippen molar-refractivity contribution in [3.63, 3.8) is 0 Å². The van der Waals surface area contributed by atoms with Gasteiger partial charge in [0.25, 0.3) is 13.4 Å². The molecule has 97 heavy (non-hydrogen) atoms. The van der Waals surface area contributed by atoms with Gasteiger partial charge in [-0.3, -0.25) is 0 Å². The van der Waals surface area contributed by atoms with Crippen LogP contribution < -0.4 is 61.5 Å². The molecular formula is C88H68B2N6S. The Balaban J connectivity index is 0.945. The fourth-order valence-corrected chi connectivity index (χ4v) is 18.2. The Labute approximate surface area is 573 Å². The van der Waals surface area contributed by atoms with E-state index >= 15 is 0 Å². The number of hydrogen-bond acceptors (Lipinski definition) is 7.